The SMILES string of the molecule is C[N+]1(O)CCCCC1.F[B-](F)(F)F. The average molecular weight is 203 g/mol. The van der Waals surface area contributed by atoms with Gasteiger partial charge in [-0.1, -0.05) is 0 Å². The summed E-state index contributed by atoms with van der Waals surface area (Å²) in [4.78, 5) is 0. The van der Waals surface area contributed by atoms with E-state index in [4.69, 9.17) is 0 Å². The van der Waals surface area contributed by atoms with E-state index >= 15 is 0 Å². The second kappa shape index (κ2) is 4.81. The van der Waals surface area contributed by atoms with E-state index < -0.39 is 7.25 Å². The van der Waals surface area contributed by atoms with Crippen molar-refractivity contribution in [2.24, 2.45) is 0 Å². The Morgan fingerprint density at radius 1 is 1.00 bits per heavy atom. The van der Waals surface area contributed by atoms with Crippen LogP contribution in [0.25, 0.3) is 0 Å². The second-order valence-electron chi connectivity index (χ2n) is 3.34. The summed E-state index contributed by atoms with van der Waals surface area (Å²) in [6.07, 6.45) is 3.68. The molecule has 13 heavy (non-hydrogen) atoms. The number of halogens is 4. The molecule has 0 aromatic rings. The largest absolute Gasteiger partial charge is 0.673 e. The molecule has 0 radical (unpaired) electrons. The van der Waals surface area contributed by atoms with Crippen LogP contribution in [-0.4, -0.2) is 37.2 Å². The first-order chi connectivity index (χ1) is 5.71. The maximum Gasteiger partial charge on any atom is 0.673 e. The van der Waals surface area contributed by atoms with E-state index in [1.54, 1.807) is 0 Å². The Morgan fingerprint density at radius 2 is 1.31 bits per heavy atom. The molecule has 7 heteroatoms. The standard InChI is InChI=1S/C6H14NO.BF4/c1-7(8)5-3-2-4-6-7;2-1(3,4)5/h8H,2-6H2,1H3;/q+1;-1. The lowest BCUT2D eigenvalue weighted by atomic mass is 10.1. The minimum atomic E-state index is -6.00. The molecule has 1 aliphatic rings. The maximum atomic E-state index is 9.75. The molecule has 0 atom stereocenters. The number of hydroxylamine groups is 3. The van der Waals surface area contributed by atoms with Crippen LogP contribution in [0.1, 0.15) is 19.3 Å². The summed E-state index contributed by atoms with van der Waals surface area (Å²) < 4.78 is 39.2. The van der Waals surface area contributed by atoms with E-state index in [9.17, 15) is 22.5 Å². The van der Waals surface area contributed by atoms with Gasteiger partial charge in [0.25, 0.3) is 0 Å². The quantitative estimate of drug-likeness (QED) is 0.363. The molecule has 1 aliphatic heterocycles. The molecule has 2 nitrogen and oxygen atoms in total. The van der Waals surface area contributed by atoms with E-state index in [0.717, 1.165) is 13.1 Å². The molecule has 1 rings (SSSR count). The molecule has 0 aromatic carbocycles. The lowest BCUT2D eigenvalue weighted by Gasteiger charge is -2.28. The van der Waals surface area contributed by atoms with Gasteiger partial charge in [-0.15, -0.1) is 0 Å². The second-order valence-corrected chi connectivity index (χ2v) is 3.34. The van der Waals surface area contributed by atoms with Crippen LogP contribution in [0.5, 0.6) is 0 Å². The predicted octanol–water partition coefficient (Wildman–Crippen LogP) is 2.31. The summed E-state index contributed by atoms with van der Waals surface area (Å²) in [6, 6.07) is 0. The first-order valence-corrected chi connectivity index (χ1v) is 4.15. The average Bonchev–Trinajstić information content (AvgIpc) is 1.82. The van der Waals surface area contributed by atoms with E-state index in [2.05, 4.69) is 0 Å². The van der Waals surface area contributed by atoms with Gasteiger partial charge < -0.3 is 17.3 Å². The van der Waals surface area contributed by atoms with Crippen molar-refractivity contribution in [3.8, 4) is 0 Å². The van der Waals surface area contributed by atoms with E-state index in [-0.39, 0.29) is 4.65 Å². The van der Waals surface area contributed by atoms with Crippen molar-refractivity contribution in [1.82, 2.24) is 0 Å². The molecular weight excluding hydrogens is 189 g/mol. The van der Waals surface area contributed by atoms with Crippen molar-refractivity contribution in [2.45, 2.75) is 19.3 Å². The van der Waals surface area contributed by atoms with Gasteiger partial charge in [-0.3, -0.25) is 0 Å². The van der Waals surface area contributed by atoms with Gasteiger partial charge in [-0.05, 0) is 19.3 Å². The number of nitrogens with zero attached hydrogens (tertiary/aromatic N) is 1. The molecule has 80 valence electrons. The number of likely N-dealkylation sites (tertiary alicyclic amines) is 1. The third-order valence-electron chi connectivity index (χ3n) is 1.78. The fourth-order valence-electron chi connectivity index (χ4n) is 1.19. The lowest BCUT2D eigenvalue weighted by molar-refractivity contribution is -1.09. The molecule has 0 unspecified atom stereocenters. The normalized spacial score (nSPS) is 21.7. The summed E-state index contributed by atoms with van der Waals surface area (Å²) in [6.45, 7) is 1.89. The third-order valence-corrected chi connectivity index (χ3v) is 1.78. The zero-order valence-corrected chi connectivity index (χ0v) is 7.52. The Kier molecular flexibility index (Phi) is 4.70. The summed E-state index contributed by atoms with van der Waals surface area (Å²) in [5, 5.41) is 9.31. The van der Waals surface area contributed by atoms with Crippen LogP contribution in [-0.2, 0) is 0 Å². The highest BCUT2D eigenvalue weighted by molar-refractivity contribution is 6.50. The van der Waals surface area contributed by atoms with Gasteiger partial charge in [0.15, 0.2) is 0 Å². The fourth-order valence-corrected chi connectivity index (χ4v) is 1.19. The molecule has 0 saturated carbocycles. The van der Waals surface area contributed by atoms with Gasteiger partial charge in [0.2, 0.25) is 0 Å². The number of quaternary nitrogens is 1. The van der Waals surface area contributed by atoms with Crippen molar-refractivity contribution in [1.29, 1.82) is 0 Å². The summed E-state index contributed by atoms with van der Waals surface area (Å²) in [7, 11) is -4.13. The number of hydrogen-bond donors (Lipinski definition) is 1. The minimum absolute atomic E-state index is 0.250. The summed E-state index contributed by atoms with van der Waals surface area (Å²) >= 11 is 0. The molecule has 0 spiro atoms. The van der Waals surface area contributed by atoms with E-state index in [0.29, 0.717) is 0 Å². The smallest absolute Gasteiger partial charge is 0.418 e. The van der Waals surface area contributed by atoms with Gasteiger partial charge in [0.1, 0.15) is 13.1 Å². The van der Waals surface area contributed by atoms with Crippen LogP contribution < -0.4 is 0 Å². The summed E-state index contributed by atoms with van der Waals surface area (Å²) in [5.41, 5.74) is 0. The maximum absolute atomic E-state index is 9.75. The van der Waals surface area contributed by atoms with Crippen molar-refractivity contribution in [2.75, 3.05) is 20.1 Å². The molecule has 1 N–H and O–H groups in total. The number of hydrogen-bond acceptors (Lipinski definition) is 1. The Balaban J connectivity index is 0.000000252. The van der Waals surface area contributed by atoms with Gasteiger partial charge in [-0.25, -0.2) is 5.21 Å². The topological polar surface area (TPSA) is 20.2 Å². The van der Waals surface area contributed by atoms with Crippen molar-refractivity contribution in [3.05, 3.63) is 0 Å². The van der Waals surface area contributed by atoms with Crippen LogP contribution in [0.4, 0.5) is 17.3 Å². The molecule has 1 saturated heterocycles. The van der Waals surface area contributed by atoms with Gasteiger partial charge >= 0.3 is 7.25 Å². The van der Waals surface area contributed by atoms with Crippen molar-refractivity contribution in [3.63, 3.8) is 0 Å². The highest BCUT2D eigenvalue weighted by Gasteiger charge is 2.21. The predicted molar refractivity (Wildman–Crippen MR) is 41.7 cm³/mol. The zero-order valence-electron chi connectivity index (χ0n) is 7.52. The molecule has 0 aromatic heterocycles. The minimum Gasteiger partial charge on any atom is -0.418 e. The van der Waals surface area contributed by atoms with Crippen molar-refractivity contribution >= 4 is 7.25 Å². The monoisotopic (exact) mass is 203 g/mol. The van der Waals surface area contributed by atoms with E-state index in [1.807, 2.05) is 7.05 Å². The van der Waals surface area contributed by atoms with Gasteiger partial charge in [-0.2, -0.15) is 4.65 Å². The number of piperidine rings is 1. The van der Waals surface area contributed by atoms with Gasteiger partial charge in [0.05, 0.1) is 7.05 Å². The Hall–Kier alpha value is -0.295. The Labute approximate surface area is 74.8 Å². The van der Waals surface area contributed by atoms with Crippen LogP contribution in [0, 0.1) is 0 Å². The third kappa shape index (κ3) is 11.7. The fraction of sp³-hybridized carbons (Fsp3) is 1.00. The van der Waals surface area contributed by atoms with E-state index in [1.165, 1.54) is 19.3 Å². The van der Waals surface area contributed by atoms with Crippen molar-refractivity contribution < 1.29 is 27.1 Å². The van der Waals surface area contributed by atoms with Crippen LogP contribution >= 0.6 is 0 Å². The van der Waals surface area contributed by atoms with Crippen LogP contribution in [0.2, 0.25) is 0 Å². The lowest BCUT2D eigenvalue weighted by Crippen LogP contribution is -2.44. The molecule has 1 heterocycles. The first kappa shape index (κ1) is 12.7. The van der Waals surface area contributed by atoms with Gasteiger partial charge in [0, 0.05) is 0 Å². The molecule has 1 fully saturated rings. The zero-order chi connectivity index (χ0) is 10.5. The molecule has 0 bridgehead atoms. The highest BCUT2D eigenvalue weighted by atomic mass is 19.5. The van der Waals surface area contributed by atoms with Crippen LogP contribution in [0.3, 0.4) is 0 Å². The Morgan fingerprint density at radius 3 is 1.46 bits per heavy atom. The molecule has 0 amide bonds. The molecular formula is C6H14BF4NO. The van der Waals surface area contributed by atoms with Crippen LogP contribution in [0.15, 0.2) is 0 Å². The summed E-state index contributed by atoms with van der Waals surface area (Å²) in [5.74, 6) is 0. The first-order valence-electron chi connectivity index (χ1n) is 4.15. The Bertz CT molecular complexity index is 136. The number of rotatable bonds is 0. The molecule has 0 aliphatic carbocycles. The highest BCUT2D eigenvalue weighted by Crippen LogP contribution is 2.11.